The third-order valence-electron chi connectivity index (χ3n) is 2.27. The minimum absolute atomic E-state index is 0.537. The normalized spacial score (nSPS) is 13.5. The van der Waals surface area contributed by atoms with Crippen LogP contribution in [0.5, 0.6) is 0 Å². The Bertz CT molecular complexity index is 113. The fourth-order valence-corrected chi connectivity index (χ4v) is 1.38. The zero-order valence-corrected chi connectivity index (χ0v) is 9.96. The van der Waals surface area contributed by atoms with E-state index in [0.29, 0.717) is 6.61 Å². The lowest BCUT2D eigenvalue weighted by molar-refractivity contribution is -0.104. The molecule has 0 rings (SSSR count). The zero-order chi connectivity index (χ0) is 10.8. The Balaban J connectivity index is 3.05. The largest absolute Gasteiger partial charge is 0.368 e. The Labute approximate surface area is 88.7 Å². The number of hydrogen-bond acceptors (Lipinski definition) is 2. The lowest BCUT2D eigenvalue weighted by atomic mass is 10.1. The highest BCUT2D eigenvalue weighted by molar-refractivity contribution is 4.47. The van der Waals surface area contributed by atoms with E-state index >= 15 is 0 Å². The van der Waals surface area contributed by atoms with Crippen LogP contribution in [0.4, 0.5) is 0 Å². The van der Waals surface area contributed by atoms with Crippen molar-refractivity contribution in [3.8, 4) is 0 Å². The van der Waals surface area contributed by atoms with Crippen molar-refractivity contribution in [2.45, 2.75) is 65.6 Å². The van der Waals surface area contributed by atoms with E-state index in [0.717, 1.165) is 25.2 Å². The molecule has 0 amide bonds. The SMILES string of the molecule is CCCC(O)OCCCCCC(C)C. The maximum Gasteiger partial charge on any atom is 0.154 e. The molecule has 0 aromatic heterocycles. The summed E-state index contributed by atoms with van der Waals surface area (Å²) < 4.78 is 5.24. The van der Waals surface area contributed by atoms with Gasteiger partial charge in [-0.3, -0.25) is 0 Å². The first kappa shape index (κ1) is 13.9. The standard InChI is InChI=1S/C12H26O2/c1-4-8-12(13)14-10-7-5-6-9-11(2)3/h11-13H,4-10H2,1-3H3. The molecule has 0 aromatic carbocycles. The van der Waals surface area contributed by atoms with Gasteiger partial charge in [0.25, 0.3) is 0 Å². The molecule has 0 radical (unpaired) electrons. The lowest BCUT2D eigenvalue weighted by Gasteiger charge is -2.10. The molecule has 1 atom stereocenters. The second kappa shape index (κ2) is 9.47. The molecule has 0 saturated carbocycles. The van der Waals surface area contributed by atoms with E-state index in [4.69, 9.17) is 4.74 Å². The van der Waals surface area contributed by atoms with Crippen molar-refractivity contribution in [2.75, 3.05) is 6.61 Å². The lowest BCUT2D eigenvalue weighted by Crippen LogP contribution is -2.12. The maximum absolute atomic E-state index is 9.27. The molecule has 2 nitrogen and oxygen atoms in total. The second-order valence-corrected chi connectivity index (χ2v) is 4.36. The number of hydrogen-bond donors (Lipinski definition) is 1. The van der Waals surface area contributed by atoms with Gasteiger partial charge in [-0.2, -0.15) is 0 Å². The Kier molecular flexibility index (Phi) is 9.42. The van der Waals surface area contributed by atoms with E-state index in [-0.39, 0.29) is 0 Å². The number of aliphatic hydroxyl groups excluding tert-OH is 1. The molecule has 0 aromatic rings. The average molecular weight is 202 g/mol. The predicted octanol–water partition coefficient (Wildman–Crippen LogP) is 3.34. The smallest absolute Gasteiger partial charge is 0.154 e. The van der Waals surface area contributed by atoms with E-state index in [1.807, 2.05) is 0 Å². The molecule has 86 valence electrons. The summed E-state index contributed by atoms with van der Waals surface area (Å²) in [6.07, 6.45) is 6.08. The summed E-state index contributed by atoms with van der Waals surface area (Å²) in [6.45, 7) is 7.26. The van der Waals surface area contributed by atoms with Gasteiger partial charge in [0.2, 0.25) is 0 Å². The monoisotopic (exact) mass is 202 g/mol. The molecule has 0 aliphatic carbocycles. The Morgan fingerprint density at radius 1 is 1.07 bits per heavy atom. The second-order valence-electron chi connectivity index (χ2n) is 4.36. The summed E-state index contributed by atoms with van der Waals surface area (Å²) in [4.78, 5) is 0. The maximum atomic E-state index is 9.27. The molecule has 0 bridgehead atoms. The molecule has 0 fully saturated rings. The third kappa shape index (κ3) is 10.0. The third-order valence-corrected chi connectivity index (χ3v) is 2.27. The zero-order valence-electron chi connectivity index (χ0n) is 9.96. The van der Waals surface area contributed by atoms with Crippen molar-refractivity contribution in [2.24, 2.45) is 5.92 Å². The Morgan fingerprint density at radius 2 is 1.79 bits per heavy atom. The highest BCUT2D eigenvalue weighted by Crippen LogP contribution is 2.08. The van der Waals surface area contributed by atoms with Gasteiger partial charge in [-0.1, -0.05) is 46.5 Å². The van der Waals surface area contributed by atoms with E-state index in [1.54, 1.807) is 0 Å². The Hall–Kier alpha value is -0.0800. The Morgan fingerprint density at radius 3 is 2.36 bits per heavy atom. The predicted molar refractivity (Wildman–Crippen MR) is 60.2 cm³/mol. The molecular weight excluding hydrogens is 176 g/mol. The van der Waals surface area contributed by atoms with Crippen LogP contribution in [0.1, 0.15) is 59.3 Å². The van der Waals surface area contributed by atoms with Crippen LogP contribution < -0.4 is 0 Å². The van der Waals surface area contributed by atoms with Gasteiger partial charge in [-0.15, -0.1) is 0 Å². The van der Waals surface area contributed by atoms with Crippen molar-refractivity contribution >= 4 is 0 Å². The van der Waals surface area contributed by atoms with Crippen LogP contribution >= 0.6 is 0 Å². The van der Waals surface area contributed by atoms with Crippen LogP contribution in [-0.4, -0.2) is 18.0 Å². The van der Waals surface area contributed by atoms with E-state index in [1.165, 1.54) is 19.3 Å². The molecule has 0 aliphatic heterocycles. The summed E-state index contributed by atoms with van der Waals surface area (Å²) >= 11 is 0. The number of unbranched alkanes of at least 4 members (excludes halogenated alkanes) is 2. The fourth-order valence-electron chi connectivity index (χ4n) is 1.38. The van der Waals surface area contributed by atoms with E-state index in [9.17, 15) is 5.11 Å². The van der Waals surface area contributed by atoms with Gasteiger partial charge in [-0.25, -0.2) is 0 Å². The first-order valence-corrected chi connectivity index (χ1v) is 5.96. The van der Waals surface area contributed by atoms with E-state index in [2.05, 4.69) is 20.8 Å². The van der Waals surface area contributed by atoms with Crippen LogP contribution in [-0.2, 0) is 4.74 Å². The first-order valence-electron chi connectivity index (χ1n) is 5.96. The molecular formula is C12H26O2. The minimum Gasteiger partial charge on any atom is -0.368 e. The van der Waals surface area contributed by atoms with Crippen molar-refractivity contribution < 1.29 is 9.84 Å². The van der Waals surface area contributed by atoms with Crippen LogP contribution in [0.15, 0.2) is 0 Å². The molecule has 0 spiro atoms. The molecule has 0 heterocycles. The number of aliphatic hydroxyl groups is 1. The summed E-state index contributed by atoms with van der Waals surface area (Å²) in [7, 11) is 0. The van der Waals surface area contributed by atoms with Gasteiger partial charge >= 0.3 is 0 Å². The van der Waals surface area contributed by atoms with Gasteiger partial charge < -0.3 is 9.84 Å². The highest BCUT2D eigenvalue weighted by atomic mass is 16.6. The summed E-state index contributed by atoms with van der Waals surface area (Å²) in [5.41, 5.74) is 0. The summed E-state index contributed by atoms with van der Waals surface area (Å²) in [6, 6.07) is 0. The molecule has 2 heteroatoms. The van der Waals surface area contributed by atoms with Crippen LogP contribution in [0.3, 0.4) is 0 Å². The van der Waals surface area contributed by atoms with E-state index < -0.39 is 6.29 Å². The molecule has 0 saturated heterocycles. The van der Waals surface area contributed by atoms with Gasteiger partial charge in [-0.05, 0) is 18.8 Å². The first-order chi connectivity index (χ1) is 6.66. The average Bonchev–Trinajstić information content (AvgIpc) is 2.11. The van der Waals surface area contributed by atoms with Crippen LogP contribution in [0.25, 0.3) is 0 Å². The van der Waals surface area contributed by atoms with Crippen molar-refractivity contribution in [3.63, 3.8) is 0 Å². The fraction of sp³-hybridized carbons (Fsp3) is 1.00. The van der Waals surface area contributed by atoms with Crippen molar-refractivity contribution in [3.05, 3.63) is 0 Å². The van der Waals surface area contributed by atoms with Gasteiger partial charge in [0.05, 0.1) is 0 Å². The highest BCUT2D eigenvalue weighted by Gasteiger charge is 2.01. The van der Waals surface area contributed by atoms with Gasteiger partial charge in [0.15, 0.2) is 6.29 Å². The topological polar surface area (TPSA) is 29.5 Å². The van der Waals surface area contributed by atoms with Crippen molar-refractivity contribution in [1.82, 2.24) is 0 Å². The number of ether oxygens (including phenoxy) is 1. The van der Waals surface area contributed by atoms with Gasteiger partial charge in [0, 0.05) is 6.61 Å². The quantitative estimate of drug-likeness (QED) is 0.459. The molecule has 1 N–H and O–H groups in total. The van der Waals surface area contributed by atoms with Crippen molar-refractivity contribution in [1.29, 1.82) is 0 Å². The molecule has 0 aliphatic rings. The van der Waals surface area contributed by atoms with Crippen LogP contribution in [0, 0.1) is 5.92 Å². The minimum atomic E-state index is -0.537. The summed E-state index contributed by atoms with van der Waals surface area (Å²) in [5.74, 6) is 0.807. The van der Waals surface area contributed by atoms with Gasteiger partial charge in [0.1, 0.15) is 0 Å². The summed E-state index contributed by atoms with van der Waals surface area (Å²) in [5, 5.41) is 9.27. The van der Waals surface area contributed by atoms with Crippen LogP contribution in [0.2, 0.25) is 0 Å². The number of rotatable bonds is 9. The molecule has 1 unspecified atom stereocenters. The molecule has 14 heavy (non-hydrogen) atoms.